The van der Waals surface area contributed by atoms with Crippen molar-refractivity contribution in [1.82, 2.24) is 20.0 Å². The average Bonchev–Trinajstić information content (AvgIpc) is 3.58. The molecule has 22 heteroatoms. The summed E-state index contributed by atoms with van der Waals surface area (Å²) in [6, 6.07) is 8.17. The first-order chi connectivity index (χ1) is 21.2. The van der Waals surface area contributed by atoms with Gasteiger partial charge >= 0.3 is 24.3 Å². The fourth-order valence-electron chi connectivity index (χ4n) is 3.29. The number of carboxylic acid groups (broad SMARTS) is 2. The topological polar surface area (TPSA) is 219 Å². The van der Waals surface area contributed by atoms with Crippen LogP contribution >= 0.6 is 11.3 Å². The highest BCUT2D eigenvalue weighted by Gasteiger charge is 2.38. The van der Waals surface area contributed by atoms with Crippen molar-refractivity contribution in [2.75, 3.05) is 13.2 Å². The van der Waals surface area contributed by atoms with Crippen LogP contribution in [-0.4, -0.2) is 71.7 Å². The molecule has 3 rings (SSSR count). The molecule has 0 fully saturated rings. The summed E-state index contributed by atoms with van der Waals surface area (Å²) in [4.78, 5) is 25.8. The second-order valence-corrected chi connectivity index (χ2v) is 11.9. The average molecular weight is 705 g/mol. The Kier molecular flexibility index (Phi) is 12.9. The van der Waals surface area contributed by atoms with Gasteiger partial charge in [0.1, 0.15) is 27.4 Å². The number of nitrogens with zero attached hydrogens (tertiary/aromatic N) is 2. The van der Waals surface area contributed by atoms with Gasteiger partial charge in [0.15, 0.2) is 0 Å². The molecule has 0 aliphatic rings. The monoisotopic (exact) mass is 704 g/mol. The number of alkyl halides is 6. The van der Waals surface area contributed by atoms with Gasteiger partial charge in [0.25, 0.3) is 10.0 Å². The molecule has 0 saturated heterocycles. The highest BCUT2D eigenvalue weighted by atomic mass is 32.2. The van der Waals surface area contributed by atoms with Gasteiger partial charge in [0.2, 0.25) is 5.96 Å². The van der Waals surface area contributed by atoms with Crippen molar-refractivity contribution < 1.29 is 64.1 Å². The second-order valence-electron chi connectivity index (χ2n) is 8.88. The Morgan fingerprint density at radius 3 is 2.20 bits per heavy atom. The Balaban J connectivity index is 0.000000942. The molecule has 2 heterocycles. The minimum Gasteiger partial charge on any atom is -0.494 e. The molecule has 1 aromatic carbocycles. The minimum atomic E-state index is -5.08. The molecule has 0 bridgehead atoms. The Labute approximate surface area is 260 Å². The van der Waals surface area contributed by atoms with Crippen LogP contribution in [0.4, 0.5) is 26.3 Å². The van der Waals surface area contributed by atoms with Gasteiger partial charge in [-0.2, -0.15) is 36.2 Å². The molecular formula is C24H26F6N6O8S2. The standard InChI is InChI=1S/C22H25F3N6O6S2.C2HF3O2/c1-31-18(22(23,24)25)12-15(28-31)17-7-8-19(38-17)39(34,35)30-16(20(32)33)11-13-3-5-14(6-4-13)36-9-2-10-37-29-21(26)27;3-2(4,5)1(6)7/h3-8,12,16,30H,2,9-11H2,1H3,(H,32,33)(H4,26,27,29);(H,6,7)/t16-;/m0./s1. The Hall–Kier alpha value is -4.41. The van der Waals surface area contributed by atoms with Crippen LogP contribution < -0.4 is 20.7 Å². The third kappa shape index (κ3) is 11.8. The lowest BCUT2D eigenvalue weighted by Crippen LogP contribution is -2.42. The lowest BCUT2D eigenvalue weighted by Gasteiger charge is -2.14. The van der Waals surface area contributed by atoms with Crippen LogP contribution in [0, 0.1) is 5.41 Å². The van der Waals surface area contributed by atoms with E-state index in [4.69, 9.17) is 30.6 Å². The van der Waals surface area contributed by atoms with E-state index in [-0.39, 0.29) is 33.8 Å². The van der Waals surface area contributed by atoms with E-state index in [9.17, 15) is 44.7 Å². The van der Waals surface area contributed by atoms with Gasteiger partial charge in [0.05, 0.1) is 18.1 Å². The van der Waals surface area contributed by atoms with Gasteiger partial charge in [-0.15, -0.1) is 11.3 Å². The Morgan fingerprint density at radius 2 is 1.70 bits per heavy atom. The Morgan fingerprint density at radius 1 is 1.09 bits per heavy atom. The van der Waals surface area contributed by atoms with Gasteiger partial charge < -0.3 is 20.7 Å². The number of nitrogens with two attached hydrogens (primary N) is 1. The van der Waals surface area contributed by atoms with Gasteiger partial charge in [-0.25, -0.2) is 18.7 Å². The van der Waals surface area contributed by atoms with Crippen LogP contribution in [0.5, 0.6) is 5.75 Å². The van der Waals surface area contributed by atoms with Crippen molar-refractivity contribution in [3.63, 3.8) is 0 Å². The number of guanidine groups is 1. The summed E-state index contributed by atoms with van der Waals surface area (Å²) in [6.45, 7) is 0.551. The molecule has 7 N–H and O–H groups in total. The van der Waals surface area contributed by atoms with E-state index in [1.807, 2.05) is 0 Å². The molecular weight excluding hydrogens is 678 g/mol. The molecule has 0 radical (unpaired) electrons. The van der Waals surface area contributed by atoms with Crippen molar-refractivity contribution >= 4 is 39.3 Å². The second kappa shape index (κ2) is 15.7. The molecule has 14 nitrogen and oxygen atoms in total. The van der Waals surface area contributed by atoms with Gasteiger partial charge in [-0.1, -0.05) is 12.1 Å². The van der Waals surface area contributed by atoms with Gasteiger partial charge in [-0.3, -0.25) is 19.7 Å². The fraction of sp³-hybridized carbons (Fsp3) is 0.333. The zero-order chi connectivity index (χ0) is 34.9. The number of benzene rings is 1. The third-order valence-electron chi connectivity index (χ3n) is 5.31. The van der Waals surface area contributed by atoms with E-state index in [2.05, 4.69) is 15.3 Å². The lowest BCUT2D eigenvalue weighted by molar-refractivity contribution is -0.192. The molecule has 2 aromatic heterocycles. The number of ether oxygens (including phenoxy) is 1. The number of aliphatic carboxylic acids is 2. The third-order valence-corrected chi connectivity index (χ3v) is 8.38. The zero-order valence-electron chi connectivity index (χ0n) is 23.3. The number of carbonyl (C=O) groups is 2. The minimum absolute atomic E-state index is 0.0615. The lowest BCUT2D eigenvalue weighted by atomic mass is 10.1. The molecule has 1 atom stereocenters. The molecule has 0 aliphatic heterocycles. The largest absolute Gasteiger partial charge is 0.494 e. The molecule has 0 saturated carbocycles. The quantitative estimate of drug-likeness (QED) is 0.0500. The molecule has 254 valence electrons. The van der Waals surface area contributed by atoms with Crippen LogP contribution in [0.1, 0.15) is 17.7 Å². The first-order valence-corrected chi connectivity index (χ1v) is 14.7. The van der Waals surface area contributed by atoms with Crippen molar-refractivity contribution in [3.05, 3.63) is 53.7 Å². The molecule has 0 amide bonds. The van der Waals surface area contributed by atoms with E-state index in [1.54, 1.807) is 24.3 Å². The molecule has 0 spiro atoms. The number of aromatic nitrogens is 2. The summed E-state index contributed by atoms with van der Waals surface area (Å²) < 4.78 is 105. The van der Waals surface area contributed by atoms with E-state index in [0.717, 1.165) is 13.1 Å². The first-order valence-electron chi connectivity index (χ1n) is 12.4. The summed E-state index contributed by atoms with van der Waals surface area (Å²) in [5, 5.41) is 27.5. The van der Waals surface area contributed by atoms with E-state index < -0.39 is 46.1 Å². The summed E-state index contributed by atoms with van der Waals surface area (Å²) in [5.74, 6) is -3.98. The number of hydroxylamine groups is 1. The van der Waals surface area contributed by atoms with Crippen LogP contribution in [-0.2, 0) is 44.1 Å². The number of hydrogen-bond acceptors (Lipinski definition) is 9. The normalized spacial score (nSPS) is 12.5. The highest BCUT2D eigenvalue weighted by Crippen LogP contribution is 2.35. The first kappa shape index (κ1) is 37.8. The van der Waals surface area contributed by atoms with Crippen molar-refractivity contribution in [2.24, 2.45) is 12.8 Å². The molecule has 46 heavy (non-hydrogen) atoms. The highest BCUT2D eigenvalue weighted by molar-refractivity contribution is 7.91. The van der Waals surface area contributed by atoms with E-state index >= 15 is 0 Å². The summed E-state index contributed by atoms with van der Waals surface area (Å²) >= 11 is 0.669. The van der Waals surface area contributed by atoms with Crippen molar-refractivity contribution in [3.8, 4) is 16.3 Å². The number of sulfonamides is 1. The maximum Gasteiger partial charge on any atom is 0.490 e. The van der Waals surface area contributed by atoms with E-state index in [1.165, 1.54) is 12.1 Å². The maximum atomic E-state index is 13.1. The number of halogens is 6. The fourth-order valence-corrected chi connectivity index (χ4v) is 5.76. The molecule has 3 aromatic rings. The number of nitrogens with one attached hydrogen (secondary N) is 3. The number of thiophene rings is 1. The van der Waals surface area contributed by atoms with E-state index in [0.29, 0.717) is 40.4 Å². The van der Waals surface area contributed by atoms with Crippen molar-refractivity contribution in [1.29, 1.82) is 5.41 Å². The molecule has 0 aliphatic carbocycles. The smallest absolute Gasteiger partial charge is 0.490 e. The summed E-state index contributed by atoms with van der Waals surface area (Å²) in [7, 11) is -3.18. The van der Waals surface area contributed by atoms with Gasteiger partial charge in [-0.05, 0) is 42.3 Å². The van der Waals surface area contributed by atoms with Crippen molar-refractivity contribution in [2.45, 2.75) is 35.4 Å². The number of carboxylic acids is 2. The predicted molar refractivity (Wildman–Crippen MR) is 148 cm³/mol. The summed E-state index contributed by atoms with van der Waals surface area (Å²) in [6.07, 6.45) is -9.39. The number of hydrogen-bond donors (Lipinski definition) is 6. The maximum absolute atomic E-state index is 13.1. The summed E-state index contributed by atoms with van der Waals surface area (Å²) in [5.41, 5.74) is 6.73. The van der Waals surface area contributed by atoms with Crippen LogP contribution in [0.3, 0.4) is 0 Å². The number of aryl methyl sites for hydroxylation is 1. The molecule has 0 unspecified atom stereocenters. The van der Waals surface area contributed by atoms with Crippen LogP contribution in [0.15, 0.2) is 46.7 Å². The SMILES string of the molecule is Cn1nc(-c2ccc(S(=O)(=O)N[C@@H](Cc3ccc(OCCCONC(=N)N)cc3)C(=O)O)s2)cc1C(F)(F)F.O=C(O)C(F)(F)F. The zero-order valence-corrected chi connectivity index (χ0v) is 25.0. The van der Waals surface area contributed by atoms with Crippen LogP contribution in [0.25, 0.3) is 10.6 Å². The predicted octanol–water partition coefficient (Wildman–Crippen LogP) is 2.96. The van der Waals surface area contributed by atoms with Gasteiger partial charge in [0, 0.05) is 13.5 Å². The number of rotatable bonds is 13. The van der Waals surface area contributed by atoms with Crippen LogP contribution in [0.2, 0.25) is 0 Å². The Bertz CT molecular complexity index is 1610.